The Morgan fingerprint density at radius 3 is 2.83 bits per heavy atom. The van der Waals surface area contributed by atoms with Gasteiger partial charge in [-0.2, -0.15) is 0 Å². The van der Waals surface area contributed by atoms with Crippen molar-refractivity contribution in [2.24, 2.45) is 0 Å². The van der Waals surface area contributed by atoms with E-state index in [4.69, 9.17) is 5.11 Å². The van der Waals surface area contributed by atoms with Gasteiger partial charge in [-0.25, -0.2) is 4.79 Å². The first-order valence-electron chi connectivity index (χ1n) is 3.15. The second-order valence-corrected chi connectivity index (χ2v) is 2.97. The third-order valence-electron chi connectivity index (χ3n) is 1.34. The summed E-state index contributed by atoms with van der Waals surface area (Å²) >= 11 is 1.38. The lowest BCUT2D eigenvalue weighted by atomic mass is 10.3. The number of carboxylic acids is 1. The lowest BCUT2D eigenvalue weighted by Gasteiger charge is -1.96. The summed E-state index contributed by atoms with van der Waals surface area (Å²) in [7, 11) is 0. The number of nitrogens with one attached hydrogen (secondary N) is 1. The van der Waals surface area contributed by atoms with Crippen LogP contribution in [0, 0.1) is 0 Å². The molecule has 5 heteroatoms. The summed E-state index contributed by atoms with van der Waals surface area (Å²) in [6.45, 7) is 0. The Kier molecular flexibility index (Phi) is 2.54. The number of aromatic carboxylic acids is 1. The predicted octanol–water partition coefficient (Wildman–Crippen LogP) is 0.795. The molecule has 64 valence electrons. The molecular formula is C7H7NO3S. The summed E-state index contributed by atoms with van der Waals surface area (Å²) in [4.78, 5) is 24.4. The zero-order valence-corrected chi connectivity index (χ0v) is 7.14. The summed E-state index contributed by atoms with van der Waals surface area (Å²) < 4.78 is 0. The first-order valence-corrected chi connectivity index (χ1v) is 4.37. The van der Waals surface area contributed by atoms with Crippen molar-refractivity contribution in [1.29, 1.82) is 0 Å². The molecule has 0 aliphatic heterocycles. The SMILES string of the molecule is CSc1c[nH]c(=O)c(C(=O)O)c1. The number of H-pyrrole nitrogens is 1. The van der Waals surface area contributed by atoms with Gasteiger partial charge in [-0.05, 0) is 12.3 Å². The molecular weight excluding hydrogens is 178 g/mol. The van der Waals surface area contributed by atoms with E-state index < -0.39 is 11.5 Å². The minimum absolute atomic E-state index is 0.221. The normalized spacial score (nSPS) is 9.75. The maximum absolute atomic E-state index is 10.9. The van der Waals surface area contributed by atoms with Gasteiger partial charge in [0.1, 0.15) is 5.56 Å². The molecule has 0 saturated carbocycles. The number of pyridine rings is 1. The van der Waals surface area contributed by atoms with Crippen molar-refractivity contribution >= 4 is 17.7 Å². The first kappa shape index (κ1) is 8.86. The number of carbonyl (C=O) groups is 1. The van der Waals surface area contributed by atoms with Crippen LogP contribution >= 0.6 is 11.8 Å². The van der Waals surface area contributed by atoms with E-state index in [9.17, 15) is 9.59 Å². The number of rotatable bonds is 2. The van der Waals surface area contributed by atoms with E-state index in [1.165, 1.54) is 24.0 Å². The smallest absolute Gasteiger partial charge is 0.341 e. The minimum Gasteiger partial charge on any atom is -0.477 e. The predicted molar refractivity (Wildman–Crippen MR) is 45.8 cm³/mol. The first-order chi connectivity index (χ1) is 5.65. The van der Waals surface area contributed by atoms with Crippen molar-refractivity contribution in [1.82, 2.24) is 4.98 Å². The molecule has 1 rings (SSSR count). The Morgan fingerprint density at radius 1 is 1.67 bits per heavy atom. The van der Waals surface area contributed by atoms with Crippen LogP contribution in [0.2, 0.25) is 0 Å². The molecule has 0 fully saturated rings. The molecule has 1 aromatic heterocycles. The van der Waals surface area contributed by atoms with Gasteiger partial charge in [0, 0.05) is 11.1 Å². The topological polar surface area (TPSA) is 70.2 Å². The van der Waals surface area contributed by atoms with E-state index in [-0.39, 0.29) is 5.56 Å². The van der Waals surface area contributed by atoms with Crippen molar-refractivity contribution < 1.29 is 9.90 Å². The van der Waals surface area contributed by atoms with Gasteiger partial charge in [0.25, 0.3) is 5.56 Å². The average molecular weight is 185 g/mol. The Hall–Kier alpha value is -1.23. The highest BCUT2D eigenvalue weighted by molar-refractivity contribution is 7.98. The van der Waals surface area contributed by atoms with Crippen molar-refractivity contribution in [2.45, 2.75) is 4.90 Å². The van der Waals surface area contributed by atoms with Crippen LogP contribution in [0.15, 0.2) is 22.0 Å². The van der Waals surface area contributed by atoms with Crippen LogP contribution < -0.4 is 5.56 Å². The maximum Gasteiger partial charge on any atom is 0.341 e. The van der Waals surface area contributed by atoms with Crippen LogP contribution in [-0.2, 0) is 0 Å². The molecule has 1 heterocycles. The van der Waals surface area contributed by atoms with Crippen molar-refractivity contribution in [2.75, 3.05) is 6.26 Å². The molecule has 0 amide bonds. The molecule has 12 heavy (non-hydrogen) atoms. The largest absolute Gasteiger partial charge is 0.477 e. The number of carboxylic acid groups (broad SMARTS) is 1. The molecule has 0 spiro atoms. The molecule has 2 N–H and O–H groups in total. The second kappa shape index (κ2) is 3.44. The van der Waals surface area contributed by atoms with E-state index in [1.54, 1.807) is 6.26 Å². The molecule has 0 atom stereocenters. The van der Waals surface area contributed by atoms with Gasteiger partial charge in [0.05, 0.1) is 0 Å². The Balaban J connectivity index is 3.26. The van der Waals surface area contributed by atoms with Gasteiger partial charge < -0.3 is 10.1 Å². The number of hydrogen-bond acceptors (Lipinski definition) is 3. The Morgan fingerprint density at radius 2 is 2.33 bits per heavy atom. The standard InChI is InChI=1S/C7H7NO3S/c1-12-4-2-5(7(10)11)6(9)8-3-4/h2-3H,1H3,(H,8,9)(H,10,11). The summed E-state index contributed by atoms with van der Waals surface area (Å²) in [5.41, 5.74) is -0.790. The number of aromatic nitrogens is 1. The Labute approximate surface area is 72.6 Å². The van der Waals surface area contributed by atoms with Crippen molar-refractivity contribution in [3.63, 3.8) is 0 Å². The number of hydrogen-bond donors (Lipinski definition) is 2. The maximum atomic E-state index is 10.9. The van der Waals surface area contributed by atoms with Gasteiger partial charge in [0.15, 0.2) is 0 Å². The summed E-state index contributed by atoms with van der Waals surface area (Å²) in [6, 6.07) is 1.35. The minimum atomic E-state index is -1.20. The zero-order chi connectivity index (χ0) is 9.14. The van der Waals surface area contributed by atoms with Gasteiger partial charge >= 0.3 is 5.97 Å². The number of aromatic amines is 1. The molecule has 0 aliphatic carbocycles. The summed E-state index contributed by atoms with van der Waals surface area (Å²) in [5, 5.41) is 8.56. The molecule has 0 saturated heterocycles. The average Bonchev–Trinajstić information content (AvgIpc) is 2.05. The van der Waals surface area contributed by atoms with E-state index in [0.717, 1.165) is 4.90 Å². The highest BCUT2D eigenvalue weighted by Crippen LogP contribution is 2.11. The van der Waals surface area contributed by atoms with E-state index in [0.29, 0.717) is 0 Å². The van der Waals surface area contributed by atoms with E-state index >= 15 is 0 Å². The van der Waals surface area contributed by atoms with Crippen LogP contribution in [0.1, 0.15) is 10.4 Å². The van der Waals surface area contributed by atoms with Crippen LogP contribution in [-0.4, -0.2) is 22.3 Å². The van der Waals surface area contributed by atoms with Crippen molar-refractivity contribution in [3.05, 3.63) is 28.2 Å². The summed E-state index contributed by atoms with van der Waals surface area (Å²) in [5.74, 6) is -1.20. The van der Waals surface area contributed by atoms with Crippen LogP contribution in [0.3, 0.4) is 0 Å². The van der Waals surface area contributed by atoms with Crippen LogP contribution in [0.25, 0.3) is 0 Å². The fraction of sp³-hybridized carbons (Fsp3) is 0.143. The highest BCUT2D eigenvalue weighted by Gasteiger charge is 2.08. The molecule has 0 aliphatic rings. The number of thioether (sulfide) groups is 1. The fourth-order valence-corrected chi connectivity index (χ4v) is 1.15. The van der Waals surface area contributed by atoms with Crippen molar-refractivity contribution in [3.8, 4) is 0 Å². The van der Waals surface area contributed by atoms with E-state index in [2.05, 4.69) is 4.98 Å². The monoisotopic (exact) mass is 185 g/mol. The zero-order valence-electron chi connectivity index (χ0n) is 6.33. The molecule has 0 radical (unpaired) electrons. The summed E-state index contributed by atoms with van der Waals surface area (Å²) in [6.07, 6.45) is 3.29. The Bertz CT molecular complexity index is 358. The van der Waals surface area contributed by atoms with Gasteiger partial charge in [-0.3, -0.25) is 4.79 Å². The van der Waals surface area contributed by atoms with Gasteiger partial charge in [-0.15, -0.1) is 11.8 Å². The molecule has 0 bridgehead atoms. The van der Waals surface area contributed by atoms with Gasteiger partial charge in [-0.1, -0.05) is 0 Å². The molecule has 4 nitrogen and oxygen atoms in total. The molecule has 0 aromatic carbocycles. The fourth-order valence-electron chi connectivity index (χ4n) is 0.741. The lowest BCUT2D eigenvalue weighted by molar-refractivity contribution is 0.0694. The van der Waals surface area contributed by atoms with Crippen LogP contribution in [0.4, 0.5) is 0 Å². The highest BCUT2D eigenvalue weighted by atomic mass is 32.2. The van der Waals surface area contributed by atoms with Crippen LogP contribution in [0.5, 0.6) is 0 Å². The quantitative estimate of drug-likeness (QED) is 0.668. The second-order valence-electron chi connectivity index (χ2n) is 2.09. The molecule has 0 unspecified atom stereocenters. The lowest BCUT2D eigenvalue weighted by Crippen LogP contribution is -2.16. The van der Waals surface area contributed by atoms with Gasteiger partial charge in [0.2, 0.25) is 0 Å². The van der Waals surface area contributed by atoms with E-state index in [1.807, 2.05) is 0 Å². The third kappa shape index (κ3) is 1.68. The third-order valence-corrected chi connectivity index (χ3v) is 2.05. The molecule has 1 aromatic rings.